The third-order valence-electron chi connectivity index (χ3n) is 6.43. The highest BCUT2D eigenvalue weighted by atomic mass is 32.1. The number of carbonyl (C=O) groups excluding carboxylic acids is 2. The molecular weight excluding hydrogens is 504 g/mol. The first-order chi connectivity index (χ1) is 18.2. The Morgan fingerprint density at radius 3 is 2.50 bits per heavy atom. The molecule has 38 heavy (non-hydrogen) atoms. The molecule has 1 amide bonds. The highest BCUT2D eigenvalue weighted by Gasteiger charge is 2.48. The van der Waals surface area contributed by atoms with Crippen LogP contribution in [0, 0.1) is 13.8 Å². The molecule has 1 aromatic heterocycles. The molecule has 4 aromatic rings. The van der Waals surface area contributed by atoms with Crippen LogP contribution in [0.15, 0.2) is 60.2 Å². The quantitative estimate of drug-likeness (QED) is 0.188. The zero-order valence-electron chi connectivity index (χ0n) is 21.3. The summed E-state index contributed by atoms with van der Waals surface area (Å²) in [7, 11) is 1.53. The van der Waals surface area contributed by atoms with E-state index in [2.05, 4.69) is 0 Å². The fourth-order valence-electron chi connectivity index (χ4n) is 4.68. The number of hydrogen-bond acceptors (Lipinski definition) is 8. The maximum Gasteiger partial charge on any atom is 0.301 e. The van der Waals surface area contributed by atoms with Crippen molar-refractivity contribution in [2.75, 3.05) is 18.6 Å². The van der Waals surface area contributed by atoms with E-state index in [1.807, 2.05) is 26.0 Å². The van der Waals surface area contributed by atoms with Gasteiger partial charge in [0.05, 0.1) is 35.5 Å². The largest absolute Gasteiger partial charge is 0.507 e. The summed E-state index contributed by atoms with van der Waals surface area (Å²) in [6.07, 6.45) is 0. The maximum absolute atomic E-state index is 13.5. The van der Waals surface area contributed by atoms with Gasteiger partial charge in [0.2, 0.25) is 0 Å². The van der Waals surface area contributed by atoms with Crippen molar-refractivity contribution in [1.29, 1.82) is 0 Å². The number of benzene rings is 3. The number of Topliss-reactive ketones (excluding diaryl/α,β-unsaturated/α-hetero) is 1. The van der Waals surface area contributed by atoms with E-state index in [1.165, 1.54) is 29.4 Å². The summed E-state index contributed by atoms with van der Waals surface area (Å²) in [6.45, 7) is 6.02. The molecule has 1 fully saturated rings. The molecule has 2 N–H and O–H groups in total. The molecule has 0 radical (unpaired) electrons. The van der Waals surface area contributed by atoms with Crippen LogP contribution in [-0.4, -0.2) is 40.6 Å². The smallest absolute Gasteiger partial charge is 0.301 e. The number of phenolic OH excluding ortho intramolecular Hbond substituents is 1. The van der Waals surface area contributed by atoms with E-state index in [0.717, 1.165) is 21.3 Å². The molecule has 1 aliphatic heterocycles. The number of aliphatic hydroxyl groups is 1. The summed E-state index contributed by atoms with van der Waals surface area (Å²) < 4.78 is 11.7. The third-order valence-corrected chi connectivity index (χ3v) is 7.43. The zero-order valence-corrected chi connectivity index (χ0v) is 22.1. The Hall–Kier alpha value is -4.37. The first kappa shape index (κ1) is 25.3. The molecule has 0 aliphatic carbocycles. The Bertz CT molecular complexity index is 1610. The van der Waals surface area contributed by atoms with Crippen molar-refractivity contribution in [3.8, 4) is 17.2 Å². The van der Waals surface area contributed by atoms with Crippen LogP contribution in [-0.2, 0) is 9.59 Å². The van der Waals surface area contributed by atoms with E-state index < -0.39 is 17.7 Å². The summed E-state index contributed by atoms with van der Waals surface area (Å²) in [6, 6.07) is 14.2. The van der Waals surface area contributed by atoms with Crippen molar-refractivity contribution < 1.29 is 29.3 Å². The van der Waals surface area contributed by atoms with Crippen LogP contribution < -0.4 is 14.4 Å². The fraction of sp³-hybridized carbons (Fsp3) is 0.207. The summed E-state index contributed by atoms with van der Waals surface area (Å²) in [5.74, 6) is -1.24. The average Bonchev–Trinajstić information content (AvgIpc) is 3.43. The average molecular weight is 531 g/mol. The van der Waals surface area contributed by atoms with E-state index in [0.29, 0.717) is 28.6 Å². The fourth-order valence-corrected chi connectivity index (χ4v) is 5.85. The second-order valence-corrected chi connectivity index (χ2v) is 9.99. The minimum absolute atomic E-state index is 0.0752. The normalized spacial score (nSPS) is 16.8. The monoisotopic (exact) mass is 530 g/mol. The minimum atomic E-state index is -1.00. The number of thiazole rings is 1. The van der Waals surface area contributed by atoms with Crippen LogP contribution in [0.1, 0.15) is 35.2 Å². The van der Waals surface area contributed by atoms with Crippen LogP contribution in [0.2, 0.25) is 0 Å². The summed E-state index contributed by atoms with van der Waals surface area (Å²) in [5, 5.41) is 22.0. The van der Waals surface area contributed by atoms with Gasteiger partial charge in [-0.1, -0.05) is 23.5 Å². The Morgan fingerprint density at radius 1 is 1.08 bits per heavy atom. The topological polar surface area (TPSA) is 109 Å². The Morgan fingerprint density at radius 2 is 1.82 bits per heavy atom. The second kappa shape index (κ2) is 9.83. The lowest BCUT2D eigenvalue weighted by Crippen LogP contribution is -2.29. The van der Waals surface area contributed by atoms with Gasteiger partial charge in [0.1, 0.15) is 11.5 Å². The highest BCUT2D eigenvalue weighted by molar-refractivity contribution is 7.22. The number of ether oxygens (including phenoxy) is 2. The number of hydrogen-bond donors (Lipinski definition) is 2. The number of aromatic hydroxyl groups is 1. The molecule has 8 nitrogen and oxygen atoms in total. The van der Waals surface area contributed by atoms with Crippen LogP contribution in [0.25, 0.3) is 16.0 Å². The molecule has 5 rings (SSSR count). The van der Waals surface area contributed by atoms with E-state index in [9.17, 15) is 19.8 Å². The second-order valence-electron chi connectivity index (χ2n) is 8.98. The third kappa shape index (κ3) is 4.24. The number of methoxy groups -OCH3 is 1. The van der Waals surface area contributed by atoms with Gasteiger partial charge >= 0.3 is 5.91 Å². The number of nitrogens with zero attached hydrogens (tertiary/aromatic N) is 2. The van der Waals surface area contributed by atoms with E-state index >= 15 is 0 Å². The van der Waals surface area contributed by atoms with Gasteiger partial charge in [0.25, 0.3) is 5.78 Å². The number of amides is 1. The summed E-state index contributed by atoms with van der Waals surface area (Å²) >= 11 is 1.30. The number of anilines is 1. The van der Waals surface area contributed by atoms with Gasteiger partial charge in [0, 0.05) is 5.56 Å². The van der Waals surface area contributed by atoms with Crippen LogP contribution >= 0.6 is 11.3 Å². The number of ketones is 1. The van der Waals surface area contributed by atoms with Gasteiger partial charge in [-0.2, -0.15) is 0 Å². The van der Waals surface area contributed by atoms with Crippen molar-refractivity contribution in [3.63, 3.8) is 0 Å². The Kier molecular flexibility index (Phi) is 6.54. The minimum Gasteiger partial charge on any atom is -0.507 e. The molecule has 0 spiro atoms. The molecule has 3 aromatic carbocycles. The van der Waals surface area contributed by atoms with Crippen molar-refractivity contribution in [3.05, 3.63) is 82.4 Å². The number of aliphatic hydroxyl groups excluding tert-OH is 1. The molecule has 1 unspecified atom stereocenters. The summed E-state index contributed by atoms with van der Waals surface area (Å²) in [4.78, 5) is 33.1. The molecule has 9 heteroatoms. The van der Waals surface area contributed by atoms with Gasteiger partial charge in [-0.25, -0.2) is 4.98 Å². The Labute approximate surface area is 223 Å². The van der Waals surface area contributed by atoms with Crippen molar-refractivity contribution in [1.82, 2.24) is 4.98 Å². The summed E-state index contributed by atoms with van der Waals surface area (Å²) in [5.41, 5.74) is 3.51. The van der Waals surface area contributed by atoms with Gasteiger partial charge in [-0.15, -0.1) is 0 Å². The highest BCUT2D eigenvalue weighted by Crippen LogP contribution is 2.46. The Balaban J connectivity index is 1.74. The van der Waals surface area contributed by atoms with Crippen molar-refractivity contribution in [2.24, 2.45) is 0 Å². The maximum atomic E-state index is 13.5. The molecule has 0 bridgehead atoms. The van der Waals surface area contributed by atoms with Crippen LogP contribution in [0.5, 0.6) is 17.2 Å². The van der Waals surface area contributed by atoms with Gasteiger partial charge < -0.3 is 19.7 Å². The van der Waals surface area contributed by atoms with Gasteiger partial charge in [0.15, 0.2) is 16.6 Å². The lowest BCUT2D eigenvalue weighted by Gasteiger charge is -2.23. The molecule has 194 valence electrons. The molecule has 1 saturated heterocycles. The number of aryl methyl sites for hydroxylation is 2. The predicted molar refractivity (Wildman–Crippen MR) is 146 cm³/mol. The molecular formula is C29H26N2O6S. The lowest BCUT2D eigenvalue weighted by molar-refractivity contribution is -0.132. The van der Waals surface area contributed by atoms with Crippen LogP contribution in [0.3, 0.4) is 0 Å². The molecule has 2 heterocycles. The number of phenols is 1. The van der Waals surface area contributed by atoms with E-state index in [4.69, 9.17) is 14.5 Å². The molecule has 1 atom stereocenters. The van der Waals surface area contributed by atoms with Crippen molar-refractivity contribution >= 4 is 44.1 Å². The molecule has 1 aliphatic rings. The SMILES string of the molecule is CCOc1cc(C2C(=C(O)c3ccc(OC)cc3)C(=O)C(=O)N2c2nc3c(C)cc(C)cc3s2)ccc1O. The van der Waals surface area contributed by atoms with E-state index in [-0.39, 0.29) is 22.8 Å². The first-order valence-electron chi connectivity index (χ1n) is 12.0. The van der Waals surface area contributed by atoms with Gasteiger partial charge in [-0.05, 0) is 79.9 Å². The number of rotatable bonds is 6. The molecule has 0 saturated carbocycles. The van der Waals surface area contributed by atoms with E-state index in [1.54, 1.807) is 43.3 Å². The number of fused-ring (bicyclic) bond motifs is 1. The predicted octanol–water partition coefficient (Wildman–Crippen LogP) is 5.65. The number of carbonyl (C=O) groups is 2. The zero-order chi connectivity index (χ0) is 27.1. The van der Waals surface area contributed by atoms with Crippen molar-refractivity contribution in [2.45, 2.75) is 26.8 Å². The lowest BCUT2D eigenvalue weighted by atomic mass is 9.95. The standard InChI is InChI=1S/C29H26N2O6S/c1-5-37-21-14-18(8-11-20(21)32)25-23(26(33)17-6-9-19(36-4)10-7-17)27(34)28(35)31(25)29-30-24-16(3)12-15(2)13-22(24)38-29/h6-14,25,32-33H,5H2,1-4H3. The van der Waals surface area contributed by atoms with Gasteiger partial charge in [-0.3, -0.25) is 14.5 Å². The number of aromatic nitrogens is 1. The first-order valence-corrected chi connectivity index (χ1v) is 12.8. The van der Waals surface area contributed by atoms with Crippen LogP contribution in [0.4, 0.5) is 5.13 Å².